The first-order valence-corrected chi connectivity index (χ1v) is 8.96. The molecule has 2 saturated carbocycles. The van der Waals surface area contributed by atoms with E-state index in [9.17, 15) is 9.18 Å². The molecule has 0 spiro atoms. The monoisotopic (exact) mass is 342 g/mol. The summed E-state index contributed by atoms with van der Waals surface area (Å²) in [6.45, 7) is 0.418. The maximum atomic E-state index is 13.4. The third-order valence-electron chi connectivity index (χ3n) is 5.15. The van der Waals surface area contributed by atoms with Crippen LogP contribution in [0, 0.1) is 5.82 Å². The van der Waals surface area contributed by atoms with Crippen molar-refractivity contribution in [2.45, 2.75) is 50.6 Å². The molecule has 4 rings (SSSR count). The van der Waals surface area contributed by atoms with Crippen molar-refractivity contribution in [2.75, 3.05) is 5.32 Å². The van der Waals surface area contributed by atoms with Gasteiger partial charge in [0.25, 0.3) is 0 Å². The molecule has 2 aliphatic rings. The zero-order valence-electron chi connectivity index (χ0n) is 14.4. The number of benzene rings is 1. The molecule has 2 fully saturated rings. The van der Waals surface area contributed by atoms with Crippen LogP contribution in [0.3, 0.4) is 0 Å². The molecule has 0 radical (unpaired) electrons. The van der Waals surface area contributed by atoms with Crippen molar-refractivity contribution in [1.29, 1.82) is 0 Å². The van der Waals surface area contributed by atoms with E-state index in [2.05, 4.69) is 10.4 Å². The SMILES string of the molecule is Cn1nc(C2CCC2)cc1NC(=O)N(Cc1cccc(F)c1)C1CC1. The van der Waals surface area contributed by atoms with Gasteiger partial charge >= 0.3 is 6.03 Å². The van der Waals surface area contributed by atoms with E-state index in [0.29, 0.717) is 12.5 Å². The fourth-order valence-corrected chi connectivity index (χ4v) is 3.28. The Balaban J connectivity index is 1.47. The van der Waals surface area contributed by atoms with E-state index < -0.39 is 0 Å². The summed E-state index contributed by atoms with van der Waals surface area (Å²) in [6.07, 6.45) is 5.62. The highest BCUT2D eigenvalue weighted by atomic mass is 19.1. The van der Waals surface area contributed by atoms with Gasteiger partial charge in [0, 0.05) is 31.6 Å². The summed E-state index contributed by atoms with van der Waals surface area (Å²) in [5.41, 5.74) is 1.87. The predicted molar refractivity (Wildman–Crippen MR) is 93.8 cm³/mol. The van der Waals surface area contributed by atoms with Gasteiger partial charge in [-0.1, -0.05) is 18.6 Å². The lowest BCUT2D eigenvalue weighted by atomic mass is 9.83. The second-order valence-electron chi connectivity index (χ2n) is 7.13. The van der Waals surface area contributed by atoms with E-state index in [0.717, 1.165) is 29.9 Å². The molecule has 0 atom stereocenters. The fraction of sp³-hybridized carbons (Fsp3) is 0.474. The first-order chi connectivity index (χ1) is 12.1. The molecule has 5 nitrogen and oxygen atoms in total. The Morgan fingerprint density at radius 2 is 2.12 bits per heavy atom. The Morgan fingerprint density at radius 3 is 2.76 bits per heavy atom. The summed E-state index contributed by atoms with van der Waals surface area (Å²) >= 11 is 0. The summed E-state index contributed by atoms with van der Waals surface area (Å²) in [5.74, 6) is 0.978. The topological polar surface area (TPSA) is 50.2 Å². The number of hydrogen-bond donors (Lipinski definition) is 1. The molecule has 1 N–H and O–H groups in total. The Hall–Kier alpha value is -2.37. The molecule has 25 heavy (non-hydrogen) atoms. The number of hydrogen-bond acceptors (Lipinski definition) is 2. The molecular weight excluding hydrogens is 319 g/mol. The molecular formula is C19H23FN4O. The summed E-state index contributed by atoms with van der Waals surface area (Å²) < 4.78 is 15.2. The largest absolute Gasteiger partial charge is 0.323 e. The minimum absolute atomic E-state index is 0.144. The predicted octanol–water partition coefficient (Wildman–Crippen LogP) is 4.02. The third kappa shape index (κ3) is 3.52. The molecule has 0 unspecified atom stereocenters. The van der Waals surface area contributed by atoms with E-state index in [1.54, 1.807) is 15.6 Å². The van der Waals surface area contributed by atoms with Gasteiger partial charge in [-0.25, -0.2) is 9.18 Å². The smallest absolute Gasteiger partial charge is 0.317 e. The van der Waals surface area contributed by atoms with Crippen LogP contribution in [0.2, 0.25) is 0 Å². The van der Waals surface area contributed by atoms with Crippen LogP contribution in [-0.4, -0.2) is 26.8 Å². The first-order valence-electron chi connectivity index (χ1n) is 8.96. The molecule has 2 aromatic rings. The van der Waals surface area contributed by atoms with Crippen molar-refractivity contribution < 1.29 is 9.18 Å². The number of carbonyl (C=O) groups excluding carboxylic acids is 1. The van der Waals surface area contributed by atoms with Crippen molar-refractivity contribution in [1.82, 2.24) is 14.7 Å². The van der Waals surface area contributed by atoms with E-state index in [1.807, 2.05) is 19.2 Å². The quantitative estimate of drug-likeness (QED) is 0.892. The van der Waals surface area contributed by atoms with Crippen LogP contribution in [-0.2, 0) is 13.6 Å². The number of rotatable bonds is 5. The van der Waals surface area contributed by atoms with Crippen LogP contribution in [0.25, 0.3) is 0 Å². The minimum Gasteiger partial charge on any atom is -0.317 e. The summed E-state index contributed by atoms with van der Waals surface area (Å²) in [6, 6.07) is 8.51. The van der Waals surface area contributed by atoms with Crippen LogP contribution < -0.4 is 5.32 Å². The average molecular weight is 342 g/mol. The van der Waals surface area contributed by atoms with E-state index in [1.165, 1.54) is 31.4 Å². The number of anilines is 1. The molecule has 1 heterocycles. The Morgan fingerprint density at radius 1 is 1.32 bits per heavy atom. The average Bonchev–Trinajstić information content (AvgIpc) is 3.29. The van der Waals surface area contributed by atoms with Crippen molar-refractivity contribution in [3.63, 3.8) is 0 Å². The molecule has 2 aliphatic carbocycles. The molecule has 0 saturated heterocycles. The van der Waals surface area contributed by atoms with Gasteiger partial charge in [-0.2, -0.15) is 5.10 Å². The van der Waals surface area contributed by atoms with Gasteiger partial charge in [0.15, 0.2) is 0 Å². The van der Waals surface area contributed by atoms with Crippen LogP contribution in [0.15, 0.2) is 30.3 Å². The normalized spacial score (nSPS) is 17.2. The Kier molecular flexibility index (Phi) is 4.19. The maximum absolute atomic E-state index is 13.4. The molecule has 132 valence electrons. The second-order valence-corrected chi connectivity index (χ2v) is 7.13. The number of halogens is 1. The number of aryl methyl sites for hydroxylation is 1. The first kappa shape index (κ1) is 16.1. The van der Waals surface area contributed by atoms with Crippen LogP contribution in [0.5, 0.6) is 0 Å². The lowest BCUT2D eigenvalue weighted by Crippen LogP contribution is -2.36. The van der Waals surface area contributed by atoms with Gasteiger partial charge in [0.2, 0.25) is 0 Å². The van der Waals surface area contributed by atoms with Crippen molar-refractivity contribution >= 4 is 11.8 Å². The van der Waals surface area contributed by atoms with Crippen molar-refractivity contribution in [3.05, 3.63) is 47.4 Å². The standard InChI is InChI=1S/C19H23FN4O/c1-23-18(11-17(22-23)14-5-3-6-14)21-19(25)24(16-8-9-16)12-13-4-2-7-15(20)10-13/h2,4,7,10-11,14,16H,3,5-6,8-9,12H2,1H3,(H,21,25). The highest BCUT2D eigenvalue weighted by molar-refractivity contribution is 5.89. The van der Waals surface area contributed by atoms with Gasteiger partial charge in [0.1, 0.15) is 11.6 Å². The number of carbonyl (C=O) groups is 1. The molecule has 0 aliphatic heterocycles. The zero-order valence-corrected chi connectivity index (χ0v) is 14.4. The zero-order chi connectivity index (χ0) is 17.4. The third-order valence-corrected chi connectivity index (χ3v) is 5.15. The van der Waals surface area contributed by atoms with Crippen molar-refractivity contribution in [3.8, 4) is 0 Å². The number of aromatic nitrogens is 2. The van der Waals surface area contributed by atoms with Crippen LogP contribution >= 0.6 is 0 Å². The summed E-state index contributed by atoms with van der Waals surface area (Å²) in [7, 11) is 1.85. The fourth-order valence-electron chi connectivity index (χ4n) is 3.28. The molecule has 6 heteroatoms. The lowest BCUT2D eigenvalue weighted by Gasteiger charge is -2.23. The Bertz CT molecular complexity index is 779. The molecule has 2 amide bonds. The van der Waals surface area contributed by atoms with Gasteiger partial charge in [-0.3, -0.25) is 10.00 Å². The van der Waals surface area contributed by atoms with E-state index in [-0.39, 0.29) is 17.9 Å². The number of amides is 2. The maximum Gasteiger partial charge on any atom is 0.323 e. The molecule has 0 bridgehead atoms. The van der Waals surface area contributed by atoms with Gasteiger partial charge in [-0.15, -0.1) is 0 Å². The van der Waals surface area contributed by atoms with Gasteiger partial charge in [-0.05, 0) is 43.4 Å². The number of nitrogens with zero attached hydrogens (tertiary/aromatic N) is 3. The molecule has 1 aromatic carbocycles. The number of nitrogens with one attached hydrogen (secondary N) is 1. The highest BCUT2D eigenvalue weighted by Gasteiger charge is 2.33. The van der Waals surface area contributed by atoms with E-state index in [4.69, 9.17) is 0 Å². The van der Waals surface area contributed by atoms with Crippen LogP contribution in [0.4, 0.5) is 15.0 Å². The highest BCUT2D eigenvalue weighted by Crippen LogP contribution is 2.36. The summed E-state index contributed by atoms with van der Waals surface area (Å²) in [5, 5.41) is 7.52. The second kappa shape index (κ2) is 6.50. The lowest BCUT2D eigenvalue weighted by molar-refractivity contribution is 0.206. The van der Waals surface area contributed by atoms with Crippen LogP contribution in [0.1, 0.15) is 49.3 Å². The van der Waals surface area contributed by atoms with Gasteiger partial charge in [0.05, 0.1) is 5.69 Å². The summed E-state index contributed by atoms with van der Waals surface area (Å²) in [4.78, 5) is 14.6. The number of urea groups is 1. The Labute approximate surface area is 146 Å². The van der Waals surface area contributed by atoms with E-state index >= 15 is 0 Å². The minimum atomic E-state index is -0.273. The molecule has 1 aromatic heterocycles. The van der Waals surface area contributed by atoms with Gasteiger partial charge < -0.3 is 4.90 Å². The van der Waals surface area contributed by atoms with Crippen molar-refractivity contribution in [2.24, 2.45) is 7.05 Å².